The van der Waals surface area contributed by atoms with Crippen LogP contribution in [0.2, 0.25) is 0 Å². The van der Waals surface area contributed by atoms with E-state index in [-0.39, 0.29) is 5.91 Å². The SMILES string of the molecule is O=C(CC1CC2CCC(C1)N2)Nc1ccc2sccc2c1. The number of amides is 1. The summed E-state index contributed by atoms with van der Waals surface area (Å²) in [6, 6.07) is 9.56. The van der Waals surface area contributed by atoms with Gasteiger partial charge in [0.1, 0.15) is 0 Å². The summed E-state index contributed by atoms with van der Waals surface area (Å²) in [5.41, 5.74) is 0.919. The molecule has 110 valence electrons. The van der Waals surface area contributed by atoms with Gasteiger partial charge in [0, 0.05) is 28.9 Å². The summed E-state index contributed by atoms with van der Waals surface area (Å²) in [5, 5.41) is 9.99. The lowest BCUT2D eigenvalue weighted by Crippen LogP contribution is -2.39. The molecule has 2 unspecified atom stereocenters. The number of hydrogen-bond donors (Lipinski definition) is 2. The number of fused-ring (bicyclic) bond motifs is 3. The maximum atomic E-state index is 12.3. The summed E-state index contributed by atoms with van der Waals surface area (Å²) in [6.45, 7) is 0. The quantitative estimate of drug-likeness (QED) is 0.906. The van der Waals surface area contributed by atoms with Crippen molar-refractivity contribution in [1.82, 2.24) is 5.32 Å². The van der Waals surface area contributed by atoms with E-state index in [1.807, 2.05) is 6.07 Å². The Morgan fingerprint density at radius 1 is 1.24 bits per heavy atom. The average molecular weight is 300 g/mol. The monoisotopic (exact) mass is 300 g/mol. The fourth-order valence-corrected chi connectivity index (χ4v) is 4.63. The van der Waals surface area contributed by atoms with Crippen molar-refractivity contribution in [2.24, 2.45) is 5.92 Å². The van der Waals surface area contributed by atoms with E-state index < -0.39 is 0 Å². The number of thiophene rings is 1. The summed E-state index contributed by atoms with van der Waals surface area (Å²) in [7, 11) is 0. The van der Waals surface area contributed by atoms with Crippen LogP contribution in [-0.2, 0) is 4.79 Å². The molecule has 2 aliphatic rings. The molecule has 3 nitrogen and oxygen atoms in total. The normalized spacial score (nSPS) is 27.9. The fraction of sp³-hybridized carbons (Fsp3) is 0.471. The van der Waals surface area contributed by atoms with Crippen molar-refractivity contribution in [2.75, 3.05) is 5.32 Å². The molecule has 0 radical (unpaired) electrons. The Bertz CT molecular complexity index is 654. The van der Waals surface area contributed by atoms with Crippen LogP contribution >= 0.6 is 11.3 Å². The van der Waals surface area contributed by atoms with Crippen LogP contribution in [0, 0.1) is 5.92 Å². The number of carbonyl (C=O) groups is 1. The highest BCUT2D eigenvalue weighted by Gasteiger charge is 2.34. The molecule has 2 fully saturated rings. The molecule has 21 heavy (non-hydrogen) atoms. The number of benzene rings is 1. The zero-order valence-corrected chi connectivity index (χ0v) is 12.8. The van der Waals surface area contributed by atoms with Crippen LogP contribution in [-0.4, -0.2) is 18.0 Å². The van der Waals surface area contributed by atoms with Gasteiger partial charge in [0.2, 0.25) is 5.91 Å². The number of nitrogens with one attached hydrogen (secondary N) is 2. The second kappa shape index (κ2) is 5.43. The van der Waals surface area contributed by atoms with E-state index in [4.69, 9.17) is 0 Å². The number of anilines is 1. The van der Waals surface area contributed by atoms with Gasteiger partial charge in [0.25, 0.3) is 0 Å². The Labute approximate surface area is 128 Å². The molecule has 1 aromatic heterocycles. The largest absolute Gasteiger partial charge is 0.326 e. The van der Waals surface area contributed by atoms with Crippen LogP contribution in [0.15, 0.2) is 29.6 Å². The predicted octanol–water partition coefficient (Wildman–Crippen LogP) is 3.76. The third-order valence-electron chi connectivity index (χ3n) is 4.78. The number of carbonyl (C=O) groups excluding carboxylic acids is 1. The van der Waals surface area contributed by atoms with Gasteiger partial charge < -0.3 is 10.6 Å². The highest BCUT2D eigenvalue weighted by Crippen LogP contribution is 2.33. The van der Waals surface area contributed by atoms with Crippen molar-refractivity contribution >= 4 is 33.0 Å². The van der Waals surface area contributed by atoms with E-state index in [0.717, 1.165) is 18.5 Å². The minimum absolute atomic E-state index is 0.163. The molecule has 1 amide bonds. The second-order valence-corrected chi connectivity index (χ2v) is 7.35. The Kier molecular flexibility index (Phi) is 3.43. The first-order valence-electron chi connectivity index (χ1n) is 7.79. The molecule has 0 spiro atoms. The molecule has 4 rings (SSSR count). The first-order chi connectivity index (χ1) is 10.3. The molecule has 2 aliphatic heterocycles. The molecule has 2 N–H and O–H groups in total. The maximum Gasteiger partial charge on any atom is 0.224 e. The Morgan fingerprint density at radius 3 is 2.86 bits per heavy atom. The standard InChI is InChI=1S/C17H20N2OS/c20-17(9-11-7-13-1-2-14(8-11)18-13)19-15-3-4-16-12(10-15)5-6-21-16/h3-6,10-11,13-14,18H,1-2,7-9H2,(H,19,20). The second-order valence-electron chi connectivity index (χ2n) is 6.40. The molecule has 4 heteroatoms. The number of rotatable bonds is 3. The van der Waals surface area contributed by atoms with Crippen LogP contribution in [0.25, 0.3) is 10.1 Å². The highest BCUT2D eigenvalue weighted by molar-refractivity contribution is 7.17. The average Bonchev–Trinajstić information content (AvgIpc) is 3.04. The van der Waals surface area contributed by atoms with Crippen molar-refractivity contribution in [3.8, 4) is 0 Å². The summed E-state index contributed by atoms with van der Waals surface area (Å²) >= 11 is 1.73. The molecule has 2 aromatic rings. The highest BCUT2D eigenvalue weighted by atomic mass is 32.1. The lowest BCUT2D eigenvalue weighted by molar-refractivity contribution is -0.117. The van der Waals surface area contributed by atoms with Gasteiger partial charge in [0.15, 0.2) is 0 Å². The van der Waals surface area contributed by atoms with Gasteiger partial charge in [-0.3, -0.25) is 4.79 Å². The number of piperidine rings is 1. The van der Waals surface area contributed by atoms with Crippen LogP contribution in [0.3, 0.4) is 0 Å². The zero-order chi connectivity index (χ0) is 14.2. The van der Waals surface area contributed by atoms with Gasteiger partial charge in [-0.25, -0.2) is 0 Å². The minimum atomic E-state index is 0.163. The van der Waals surface area contributed by atoms with E-state index in [0.29, 0.717) is 24.4 Å². The molecule has 0 aliphatic carbocycles. The molecular formula is C17H20N2OS. The maximum absolute atomic E-state index is 12.3. The summed E-state index contributed by atoms with van der Waals surface area (Å²) < 4.78 is 1.27. The Balaban J connectivity index is 1.39. The first kappa shape index (κ1) is 13.3. The summed E-state index contributed by atoms with van der Waals surface area (Å²) in [6.07, 6.45) is 5.56. The molecule has 3 heterocycles. The lowest BCUT2D eigenvalue weighted by atomic mass is 9.89. The summed E-state index contributed by atoms with van der Waals surface area (Å²) in [5.74, 6) is 0.713. The van der Waals surface area contributed by atoms with E-state index in [9.17, 15) is 4.79 Å². The Hall–Kier alpha value is -1.39. The van der Waals surface area contributed by atoms with Gasteiger partial charge >= 0.3 is 0 Å². The summed E-state index contributed by atoms with van der Waals surface area (Å²) in [4.78, 5) is 12.3. The lowest BCUT2D eigenvalue weighted by Gasteiger charge is -2.28. The Morgan fingerprint density at radius 2 is 2.05 bits per heavy atom. The smallest absolute Gasteiger partial charge is 0.224 e. The van der Waals surface area contributed by atoms with E-state index >= 15 is 0 Å². The van der Waals surface area contributed by atoms with E-state index in [2.05, 4.69) is 34.2 Å². The molecule has 0 saturated carbocycles. The van der Waals surface area contributed by atoms with Crippen LogP contribution in [0.1, 0.15) is 32.1 Å². The minimum Gasteiger partial charge on any atom is -0.326 e. The van der Waals surface area contributed by atoms with Gasteiger partial charge in [-0.15, -0.1) is 11.3 Å². The van der Waals surface area contributed by atoms with Gasteiger partial charge in [-0.05, 0) is 66.6 Å². The van der Waals surface area contributed by atoms with Gasteiger partial charge in [0.05, 0.1) is 0 Å². The zero-order valence-electron chi connectivity index (χ0n) is 12.0. The van der Waals surface area contributed by atoms with E-state index in [1.165, 1.54) is 22.9 Å². The molecule has 2 saturated heterocycles. The van der Waals surface area contributed by atoms with Crippen LogP contribution in [0.4, 0.5) is 5.69 Å². The van der Waals surface area contributed by atoms with Gasteiger partial charge in [-0.1, -0.05) is 0 Å². The molecule has 2 atom stereocenters. The molecule has 1 aromatic carbocycles. The third kappa shape index (κ3) is 2.83. The van der Waals surface area contributed by atoms with Gasteiger partial charge in [-0.2, -0.15) is 0 Å². The van der Waals surface area contributed by atoms with E-state index in [1.54, 1.807) is 11.3 Å². The number of hydrogen-bond acceptors (Lipinski definition) is 3. The van der Waals surface area contributed by atoms with Crippen molar-refractivity contribution in [3.05, 3.63) is 29.6 Å². The topological polar surface area (TPSA) is 41.1 Å². The third-order valence-corrected chi connectivity index (χ3v) is 5.68. The fourth-order valence-electron chi connectivity index (χ4n) is 3.86. The van der Waals surface area contributed by atoms with Crippen molar-refractivity contribution in [1.29, 1.82) is 0 Å². The predicted molar refractivity (Wildman–Crippen MR) is 87.7 cm³/mol. The first-order valence-corrected chi connectivity index (χ1v) is 8.67. The van der Waals surface area contributed by atoms with Crippen LogP contribution in [0.5, 0.6) is 0 Å². The van der Waals surface area contributed by atoms with Crippen molar-refractivity contribution in [3.63, 3.8) is 0 Å². The molecule has 2 bridgehead atoms. The van der Waals surface area contributed by atoms with Crippen molar-refractivity contribution in [2.45, 2.75) is 44.2 Å². The van der Waals surface area contributed by atoms with Crippen LogP contribution < -0.4 is 10.6 Å². The van der Waals surface area contributed by atoms with Crippen molar-refractivity contribution < 1.29 is 4.79 Å². The molecular weight excluding hydrogens is 280 g/mol.